The van der Waals surface area contributed by atoms with Gasteiger partial charge in [-0.15, -0.1) is 0 Å². The molecule has 2 N–H and O–H groups in total. The second kappa shape index (κ2) is 11.6. The lowest BCUT2D eigenvalue weighted by molar-refractivity contribution is -0.157. The minimum Gasteiger partial charge on any atom is -0.393 e. The number of rotatable bonds is 3. The molecule has 2 heterocycles. The molecule has 7 nitrogen and oxygen atoms in total. The third-order valence-electron chi connectivity index (χ3n) is 14.5. The van der Waals surface area contributed by atoms with E-state index in [1.165, 1.54) is 25.7 Å². The maximum absolute atomic E-state index is 13.9. The van der Waals surface area contributed by atoms with Crippen LogP contribution in [0.1, 0.15) is 88.4 Å². The Labute approximate surface area is 274 Å². The first-order chi connectivity index (χ1) is 22.2. The number of aliphatic hydroxyl groups is 2. The molecule has 2 amide bonds. The van der Waals surface area contributed by atoms with Crippen molar-refractivity contribution >= 4 is 22.6 Å². The fraction of sp³-hybridized carbons (Fsp3) is 0.692. The van der Waals surface area contributed by atoms with E-state index in [0.29, 0.717) is 48.9 Å². The first-order valence-electron chi connectivity index (χ1n) is 18.4. The second-order valence-electron chi connectivity index (χ2n) is 16.4. The molecule has 2 aliphatic heterocycles. The standard InChI is InChI=1S/C39H53N3O4/c1-38-17-16-31-29(30(38)14-15-35(38)44)13-12-26-23-34(43)33(24-39(26,31)2)40-19-21-41(22-20-40)37(46)32-11-6-18-42(32)36(45)28-10-5-8-25-7-3-4-9-27(25)28/h3-5,7-10,26,29-35,43-44H,6,11-24H2,1-2H3/t26?,29-,30-,31+,32-,33?,34?,35?,38-,39-/m0/s1. The molecule has 0 aromatic heterocycles. The summed E-state index contributed by atoms with van der Waals surface area (Å²) < 4.78 is 0. The number of carbonyl (C=O) groups is 2. The zero-order chi connectivity index (χ0) is 31.8. The normalized spacial score (nSPS) is 41.2. The number of carbonyl (C=O) groups excluding carboxylic acids is 2. The van der Waals surface area contributed by atoms with E-state index in [4.69, 9.17) is 0 Å². The van der Waals surface area contributed by atoms with Crippen LogP contribution < -0.4 is 0 Å². The molecular weight excluding hydrogens is 574 g/mol. The van der Waals surface area contributed by atoms with Crippen LogP contribution in [0.15, 0.2) is 42.5 Å². The number of hydrogen-bond acceptors (Lipinski definition) is 5. The Morgan fingerprint density at radius 2 is 1.57 bits per heavy atom. The highest BCUT2D eigenvalue weighted by Crippen LogP contribution is 2.66. The predicted molar refractivity (Wildman–Crippen MR) is 179 cm³/mol. The third-order valence-corrected chi connectivity index (χ3v) is 14.5. The number of benzene rings is 2. The van der Waals surface area contributed by atoms with Gasteiger partial charge in [0.1, 0.15) is 6.04 Å². The molecule has 0 radical (unpaired) electrons. The molecule has 2 aromatic carbocycles. The Bertz CT molecular complexity index is 1480. The van der Waals surface area contributed by atoms with Crippen LogP contribution in [0.25, 0.3) is 10.8 Å². The smallest absolute Gasteiger partial charge is 0.255 e. The summed E-state index contributed by atoms with van der Waals surface area (Å²) in [6.07, 6.45) is 9.99. The maximum Gasteiger partial charge on any atom is 0.255 e. The molecule has 0 bridgehead atoms. The van der Waals surface area contributed by atoms with Crippen molar-refractivity contribution in [2.24, 2.45) is 34.5 Å². The first kappa shape index (κ1) is 30.8. The van der Waals surface area contributed by atoms with Gasteiger partial charge >= 0.3 is 0 Å². The molecule has 6 fully saturated rings. The van der Waals surface area contributed by atoms with Gasteiger partial charge in [0.2, 0.25) is 5.91 Å². The van der Waals surface area contributed by atoms with Crippen LogP contribution in [0.3, 0.4) is 0 Å². The number of hydrogen-bond donors (Lipinski definition) is 2. The van der Waals surface area contributed by atoms with Crippen molar-refractivity contribution in [2.45, 2.75) is 102 Å². The summed E-state index contributed by atoms with van der Waals surface area (Å²) in [7, 11) is 0. The van der Waals surface area contributed by atoms with E-state index in [-0.39, 0.29) is 40.9 Å². The number of fused-ring (bicyclic) bond motifs is 6. The highest BCUT2D eigenvalue weighted by molar-refractivity contribution is 6.08. The van der Waals surface area contributed by atoms with Crippen molar-refractivity contribution in [2.75, 3.05) is 32.7 Å². The van der Waals surface area contributed by atoms with Crippen molar-refractivity contribution in [3.63, 3.8) is 0 Å². The quantitative estimate of drug-likeness (QED) is 0.481. The van der Waals surface area contributed by atoms with Crippen molar-refractivity contribution < 1.29 is 19.8 Å². The number of piperazine rings is 1. The van der Waals surface area contributed by atoms with Gasteiger partial charge in [-0.1, -0.05) is 50.2 Å². The van der Waals surface area contributed by atoms with E-state index < -0.39 is 6.04 Å². The van der Waals surface area contributed by atoms with Crippen LogP contribution in [-0.2, 0) is 4.79 Å². The lowest BCUT2D eigenvalue weighted by Gasteiger charge is -2.62. The number of amides is 2. The number of aliphatic hydroxyl groups excluding tert-OH is 2. The molecule has 248 valence electrons. The minimum absolute atomic E-state index is 0.0414. The van der Waals surface area contributed by atoms with Gasteiger partial charge in [-0.25, -0.2) is 0 Å². The highest BCUT2D eigenvalue weighted by atomic mass is 16.3. The SMILES string of the molecule is C[C@]12CC(N3CCN(C(=O)[C@@H]4CCCN4C(=O)c4cccc5ccccc45)CC3)C(O)CC1CC[C@@H]1[C@H]2CC[C@]2(C)C(O)CC[C@@H]12. The molecule has 4 unspecified atom stereocenters. The Hall–Kier alpha value is -2.48. The zero-order valence-corrected chi connectivity index (χ0v) is 27.8. The largest absolute Gasteiger partial charge is 0.393 e. The van der Waals surface area contributed by atoms with Crippen molar-refractivity contribution in [3.05, 3.63) is 48.0 Å². The van der Waals surface area contributed by atoms with Gasteiger partial charge < -0.3 is 20.0 Å². The summed E-state index contributed by atoms with van der Waals surface area (Å²) in [5.74, 6) is 2.64. The van der Waals surface area contributed by atoms with Crippen molar-refractivity contribution in [3.8, 4) is 0 Å². The Kier molecular flexibility index (Phi) is 7.77. The Balaban J connectivity index is 0.932. The minimum atomic E-state index is -0.400. The summed E-state index contributed by atoms with van der Waals surface area (Å²) in [5, 5.41) is 24.4. The summed E-state index contributed by atoms with van der Waals surface area (Å²) in [6, 6.07) is 13.6. The zero-order valence-electron chi connectivity index (χ0n) is 27.8. The van der Waals surface area contributed by atoms with E-state index in [0.717, 1.165) is 62.4 Å². The summed E-state index contributed by atoms with van der Waals surface area (Å²) in [6.45, 7) is 8.38. The highest BCUT2D eigenvalue weighted by Gasteiger charge is 2.61. The molecule has 4 aliphatic carbocycles. The Morgan fingerprint density at radius 1 is 0.804 bits per heavy atom. The molecular formula is C39H53N3O4. The van der Waals surface area contributed by atoms with Crippen LogP contribution >= 0.6 is 0 Å². The molecule has 4 saturated carbocycles. The molecule has 2 saturated heterocycles. The van der Waals surface area contributed by atoms with Gasteiger partial charge in [0, 0.05) is 44.3 Å². The van der Waals surface area contributed by atoms with E-state index >= 15 is 0 Å². The van der Waals surface area contributed by atoms with Crippen molar-refractivity contribution in [1.82, 2.24) is 14.7 Å². The van der Waals surface area contributed by atoms with E-state index in [2.05, 4.69) is 18.7 Å². The maximum atomic E-state index is 13.9. The summed E-state index contributed by atoms with van der Waals surface area (Å²) in [5.41, 5.74) is 0.994. The lowest BCUT2D eigenvalue weighted by Crippen LogP contribution is -2.62. The summed E-state index contributed by atoms with van der Waals surface area (Å²) in [4.78, 5) is 34.0. The molecule has 2 aromatic rings. The van der Waals surface area contributed by atoms with Gasteiger partial charge in [-0.05, 0) is 116 Å². The van der Waals surface area contributed by atoms with Gasteiger partial charge in [0.25, 0.3) is 5.91 Å². The average molecular weight is 628 g/mol. The molecule has 0 spiro atoms. The monoisotopic (exact) mass is 627 g/mol. The first-order valence-corrected chi connectivity index (χ1v) is 18.4. The number of nitrogens with zero attached hydrogens (tertiary/aromatic N) is 3. The van der Waals surface area contributed by atoms with Crippen LogP contribution in [0, 0.1) is 34.5 Å². The Morgan fingerprint density at radius 3 is 2.39 bits per heavy atom. The van der Waals surface area contributed by atoms with Gasteiger partial charge in [0.05, 0.1) is 12.2 Å². The van der Waals surface area contributed by atoms with Crippen LogP contribution in [0.5, 0.6) is 0 Å². The summed E-state index contributed by atoms with van der Waals surface area (Å²) >= 11 is 0. The van der Waals surface area contributed by atoms with Crippen LogP contribution in [-0.4, -0.2) is 93.7 Å². The van der Waals surface area contributed by atoms with E-state index in [9.17, 15) is 19.8 Å². The van der Waals surface area contributed by atoms with E-state index in [1.807, 2.05) is 52.3 Å². The average Bonchev–Trinajstić information content (AvgIpc) is 3.68. The van der Waals surface area contributed by atoms with Gasteiger partial charge in [-0.3, -0.25) is 14.5 Å². The third kappa shape index (κ3) is 4.77. The topological polar surface area (TPSA) is 84.3 Å². The molecule has 7 heteroatoms. The fourth-order valence-corrected chi connectivity index (χ4v) is 11.9. The van der Waals surface area contributed by atoms with Crippen LogP contribution in [0.4, 0.5) is 0 Å². The van der Waals surface area contributed by atoms with Gasteiger partial charge in [-0.2, -0.15) is 0 Å². The second-order valence-corrected chi connectivity index (χ2v) is 16.4. The molecule has 46 heavy (non-hydrogen) atoms. The molecule has 6 aliphatic rings. The van der Waals surface area contributed by atoms with E-state index in [1.54, 1.807) is 0 Å². The lowest BCUT2D eigenvalue weighted by atomic mass is 9.44. The van der Waals surface area contributed by atoms with Crippen LogP contribution in [0.2, 0.25) is 0 Å². The van der Waals surface area contributed by atoms with Crippen molar-refractivity contribution in [1.29, 1.82) is 0 Å². The van der Waals surface area contributed by atoms with Gasteiger partial charge in [0.15, 0.2) is 0 Å². The molecule has 10 atom stereocenters. The predicted octanol–water partition coefficient (Wildman–Crippen LogP) is 5.33. The fourth-order valence-electron chi connectivity index (χ4n) is 11.9. The molecule has 8 rings (SSSR count). The number of likely N-dealkylation sites (tertiary alicyclic amines) is 1.